The number of likely N-dealkylation sites (tertiary alicyclic amines) is 1. The summed E-state index contributed by atoms with van der Waals surface area (Å²) in [5, 5.41) is 0. The Morgan fingerprint density at radius 1 is 0.800 bits per heavy atom. The highest BCUT2D eigenvalue weighted by Gasteiger charge is 2.48. The molecule has 0 radical (unpaired) electrons. The lowest BCUT2D eigenvalue weighted by Gasteiger charge is -2.35. The van der Waals surface area contributed by atoms with Crippen molar-refractivity contribution in [3.63, 3.8) is 0 Å². The maximum Gasteiger partial charge on any atom is 0.233 e. The van der Waals surface area contributed by atoms with Gasteiger partial charge in [-0.25, -0.2) is 0 Å². The molecule has 1 heterocycles. The van der Waals surface area contributed by atoms with Crippen molar-refractivity contribution in [2.45, 2.75) is 89.1 Å². The fourth-order valence-electron chi connectivity index (χ4n) is 5.21. The van der Waals surface area contributed by atoms with Crippen LogP contribution in [0.4, 0.5) is 0 Å². The topological polar surface area (TPSA) is 57.7 Å². The van der Waals surface area contributed by atoms with E-state index in [-0.39, 0.29) is 29.6 Å². The number of hydrogen-bond donors (Lipinski definition) is 0. The van der Waals surface area contributed by atoms with Gasteiger partial charge >= 0.3 is 0 Å². The van der Waals surface area contributed by atoms with Crippen LogP contribution in [0.2, 0.25) is 0 Å². The van der Waals surface area contributed by atoms with Crippen LogP contribution in [0.3, 0.4) is 0 Å². The molecule has 0 N–H and O–H groups in total. The Balaban J connectivity index is 1.37. The molecule has 0 aromatic carbocycles. The van der Waals surface area contributed by atoms with E-state index in [1.165, 1.54) is 24.2 Å². The second kappa shape index (κ2) is 7.08. The van der Waals surface area contributed by atoms with Crippen molar-refractivity contribution in [2.75, 3.05) is 6.54 Å². The van der Waals surface area contributed by atoms with Gasteiger partial charge in [-0.3, -0.25) is 19.3 Å². The summed E-state index contributed by atoms with van der Waals surface area (Å²) in [7, 11) is 0. The molecule has 1 saturated heterocycles. The Bertz CT molecular complexity index is 527. The van der Waals surface area contributed by atoms with Crippen LogP contribution in [-0.2, 0) is 14.4 Å². The Hall–Kier alpha value is -1.39. The van der Waals surface area contributed by atoms with Crippen LogP contribution in [-0.4, -0.2) is 46.1 Å². The summed E-state index contributed by atoms with van der Waals surface area (Å²) in [6, 6.07) is 0.810. The van der Waals surface area contributed by atoms with Crippen molar-refractivity contribution in [1.82, 2.24) is 9.80 Å². The normalized spacial score (nSPS) is 30.5. The number of nitrogens with zero attached hydrogens (tertiary/aromatic N) is 2. The predicted octanol–water partition coefficient (Wildman–Crippen LogP) is 2.88. The van der Waals surface area contributed by atoms with Gasteiger partial charge in [0.1, 0.15) is 0 Å². The third kappa shape index (κ3) is 3.34. The van der Waals surface area contributed by atoms with Gasteiger partial charge in [-0.05, 0) is 38.5 Å². The largest absolute Gasteiger partial charge is 0.337 e. The van der Waals surface area contributed by atoms with Crippen molar-refractivity contribution >= 4 is 17.7 Å². The van der Waals surface area contributed by atoms with Gasteiger partial charge in [0.2, 0.25) is 17.7 Å². The van der Waals surface area contributed by atoms with Gasteiger partial charge in [0.15, 0.2) is 0 Å². The van der Waals surface area contributed by atoms with E-state index < -0.39 is 0 Å². The average molecular weight is 346 g/mol. The van der Waals surface area contributed by atoms with E-state index >= 15 is 0 Å². The van der Waals surface area contributed by atoms with E-state index in [0.717, 1.165) is 51.4 Å². The highest BCUT2D eigenvalue weighted by atomic mass is 16.2. The van der Waals surface area contributed by atoms with Gasteiger partial charge in [0.05, 0.1) is 11.8 Å². The summed E-state index contributed by atoms with van der Waals surface area (Å²) < 4.78 is 0. The van der Waals surface area contributed by atoms with E-state index in [1.54, 1.807) is 0 Å². The Labute approximate surface area is 150 Å². The third-order valence-corrected chi connectivity index (χ3v) is 6.68. The molecule has 3 saturated carbocycles. The van der Waals surface area contributed by atoms with E-state index in [0.29, 0.717) is 25.0 Å². The van der Waals surface area contributed by atoms with Gasteiger partial charge < -0.3 is 4.90 Å². The number of amides is 3. The number of rotatable bonds is 5. The van der Waals surface area contributed by atoms with E-state index in [2.05, 4.69) is 4.90 Å². The summed E-state index contributed by atoms with van der Waals surface area (Å²) in [5.74, 6) is -0.0791. The zero-order valence-corrected chi connectivity index (χ0v) is 15.1. The lowest BCUT2D eigenvalue weighted by Crippen LogP contribution is -2.44. The summed E-state index contributed by atoms with van der Waals surface area (Å²) in [6.45, 7) is 0.291. The molecule has 0 aromatic rings. The fourth-order valence-corrected chi connectivity index (χ4v) is 5.21. The average Bonchev–Trinajstić information content (AvgIpc) is 3.44. The Morgan fingerprint density at radius 3 is 1.88 bits per heavy atom. The summed E-state index contributed by atoms with van der Waals surface area (Å²) in [6.07, 6.45) is 12.3. The molecule has 5 nitrogen and oxygen atoms in total. The maximum atomic E-state index is 12.9. The molecule has 0 bridgehead atoms. The molecule has 2 atom stereocenters. The minimum atomic E-state index is -0.103. The molecule has 25 heavy (non-hydrogen) atoms. The van der Waals surface area contributed by atoms with Crippen LogP contribution in [0.15, 0.2) is 0 Å². The third-order valence-electron chi connectivity index (χ3n) is 6.68. The number of imide groups is 1. The van der Waals surface area contributed by atoms with Gasteiger partial charge in [-0.1, -0.05) is 32.1 Å². The Morgan fingerprint density at radius 2 is 1.32 bits per heavy atom. The Kier molecular flexibility index (Phi) is 4.83. The SMILES string of the molecule is O=C1C2CCCCC2C(=O)N1CCC(=O)N(C1CCCCC1)C1CC1. The van der Waals surface area contributed by atoms with Crippen LogP contribution in [0.5, 0.6) is 0 Å². The molecule has 4 rings (SSSR count). The summed E-state index contributed by atoms with van der Waals surface area (Å²) in [4.78, 5) is 41.5. The molecular formula is C20H30N2O3. The second-order valence-electron chi connectivity index (χ2n) is 8.40. The van der Waals surface area contributed by atoms with Crippen molar-refractivity contribution in [3.05, 3.63) is 0 Å². The first-order chi connectivity index (χ1) is 12.2. The smallest absolute Gasteiger partial charge is 0.233 e. The molecule has 4 fully saturated rings. The number of hydrogen-bond acceptors (Lipinski definition) is 3. The molecule has 1 aliphatic heterocycles. The van der Waals surface area contributed by atoms with Crippen molar-refractivity contribution < 1.29 is 14.4 Å². The quantitative estimate of drug-likeness (QED) is 0.719. The molecular weight excluding hydrogens is 316 g/mol. The van der Waals surface area contributed by atoms with Crippen LogP contribution < -0.4 is 0 Å². The molecule has 0 aromatic heterocycles. The van der Waals surface area contributed by atoms with Crippen molar-refractivity contribution in [3.8, 4) is 0 Å². The van der Waals surface area contributed by atoms with Crippen LogP contribution >= 0.6 is 0 Å². The molecule has 4 aliphatic rings. The maximum absolute atomic E-state index is 12.9. The van der Waals surface area contributed by atoms with Gasteiger partial charge in [-0.15, -0.1) is 0 Å². The predicted molar refractivity (Wildman–Crippen MR) is 93.5 cm³/mol. The number of fused-ring (bicyclic) bond motifs is 1. The summed E-state index contributed by atoms with van der Waals surface area (Å²) >= 11 is 0. The summed E-state index contributed by atoms with van der Waals surface area (Å²) in [5.41, 5.74) is 0. The zero-order valence-electron chi connectivity index (χ0n) is 15.1. The first-order valence-electron chi connectivity index (χ1n) is 10.3. The van der Waals surface area contributed by atoms with Gasteiger partial charge in [0.25, 0.3) is 0 Å². The monoisotopic (exact) mass is 346 g/mol. The van der Waals surface area contributed by atoms with Crippen LogP contribution in [0.25, 0.3) is 0 Å². The van der Waals surface area contributed by atoms with E-state index in [4.69, 9.17) is 0 Å². The molecule has 5 heteroatoms. The first-order valence-corrected chi connectivity index (χ1v) is 10.3. The lowest BCUT2D eigenvalue weighted by molar-refractivity contribution is -0.141. The highest BCUT2D eigenvalue weighted by Crippen LogP contribution is 2.38. The van der Waals surface area contributed by atoms with Crippen molar-refractivity contribution in [2.24, 2.45) is 11.8 Å². The second-order valence-corrected chi connectivity index (χ2v) is 8.40. The van der Waals surface area contributed by atoms with Crippen LogP contribution in [0.1, 0.15) is 77.0 Å². The van der Waals surface area contributed by atoms with Crippen LogP contribution in [0, 0.1) is 11.8 Å². The molecule has 138 valence electrons. The lowest BCUT2D eigenvalue weighted by atomic mass is 9.81. The van der Waals surface area contributed by atoms with Gasteiger partial charge in [-0.2, -0.15) is 0 Å². The number of carbonyl (C=O) groups excluding carboxylic acids is 3. The number of carbonyl (C=O) groups is 3. The molecule has 3 aliphatic carbocycles. The minimum absolute atomic E-state index is 0.0156. The molecule has 0 spiro atoms. The highest BCUT2D eigenvalue weighted by molar-refractivity contribution is 6.05. The molecule has 2 unspecified atom stereocenters. The zero-order chi connectivity index (χ0) is 17.4. The van der Waals surface area contributed by atoms with Gasteiger partial charge in [0, 0.05) is 25.0 Å². The van der Waals surface area contributed by atoms with E-state index in [1.807, 2.05) is 0 Å². The standard InChI is InChI=1S/C20H30N2O3/c23-18(22(15-10-11-15)14-6-2-1-3-7-14)12-13-21-19(24)16-8-4-5-9-17(16)20(21)25/h14-17H,1-13H2. The minimum Gasteiger partial charge on any atom is -0.337 e. The fraction of sp³-hybridized carbons (Fsp3) is 0.850. The first kappa shape index (κ1) is 17.0. The van der Waals surface area contributed by atoms with Crippen molar-refractivity contribution in [1.29, 1.82) is 0 Å². The van der Waals surface area contributed by atoms with E-state index in [9.17, 15) is 14.4 Å². The molecule has 3 amide bonds.